The molecule has 0 fully saturated rings. The van der Waals surface area contributed by atoms with Gasteiger partial charge in [0.05, 0.1) is 0 Å². The van der Waals surface area contributed by atoms with Crippen LogP contribution >= 0.6 is 0 Å². The van der Waals surface area contributed by atoms with Crippen LogP contribution in [-0.4, -0.2) is 6.29 Å². The second-order valence-electron chi connectivity index (χ2n) is 2.78. The number of carbonyl (C=O) groups excluding carboxylic acids is 1. The monoisotopic (exact) mass is 148 g/mol. The fourth-order valence-electron chi connectivity index (χ4n) is 1.13. The maximum atomic E-state index is 9.99. The molecule has 0 N–H and O–H groups in total. The Hall–Kier alpha value is -1.11. The number of rotatable bonds is 2. The van der Waals surface area contributed by atoms with Crippen LogP contribution in [0.2, 0.25) is 0 Å². The van der Waals surface area contributed by atoms with E-state index >= 15 is 0 Å². The van der Waals surface area contributed by atoms with Crippen LogP contribution in [0.25, 0.3) is 0 Å². The normalized spacial score (nSPS) is 23.7. The Morgan fingerprint density at radius 1 is 1.64 bits per heavy atom. The van der Waals surface area contributed by atoms with Gasteiger partial charge in [-0.1, -0.05) is 31.2 Å². The van der Waals surface area contributed by atoms with Gasteiger partial charge in [0, 0.05) is 0 Å². The number of allylic oxidation sites excluding steroid dienone is 6. The minimum absolute atomic E-state index is 0.603. The Labute approximate surface area is 67.1 Å². The zero-order chi connectivity index (χ0) is 8.10. The molecule has 1 nitrogen and oxygen atoms in total. The van der Waals surface area contributed by atoms with Crippen molar-refractivity contribution in [1.82, 2.24) is 0 Å². The lowest BCUT2D eigenvalue weighted by molar-refractivity contribution is -0.104. The molecule has 1 aliphatic carbocycles. The molecular formula is C10H12O. The Bertz CT molecular complexity index is 221. The van der Waals surface area contributed by atoms with Gasteiger partial charge in [0.1, 0.15) is 6.29 Å². The molecule has 1 heteroatoms. The van der Waals surface area contributed by atoms with Gasteiger partial charge < -0.3 is 0 Å². The third kappa shape index (κ3) is 2.54. The van der Waals surface area contributed by atoms with Gasteiger partial charge in [-0.05, 0) is 24.0 Å². The van der Waals surface area contributed by atoms with Gasteiger partial charge in [-0.3, -0.25) is 4.79 Å². The first-order valence-corrected chi connectivity index (χ1v) is 3.83. The second kappa shape index (κ2) is 3.91. The van der Waals surface area contributed by atoms with E-state index in [-0.39, 0.29) is 0 Å². The molecule has 0 radical (unpaired) electrons. The standard InChI is InChI=1S/C10H12O/c1-9-4-2-5-10(8-9)6-3-7-11/h2-3,5-9H,4H2,1H3. The van der Waals surface area contributed by atoms with Crippen LogP contribution in [0.1, 0.15) is 13.3 Å². The van der Waals surface area contributed by atoms with Crippen LogP contribution in [0.4, 0.5) is 0 Å². The zero-order valence-corrected chi connectivity index (χ0v) is 6.66. The third-order valence-corrected chi connectivity index (χ3v) is 1.66. The lowest BCUT2D eigenvalue weighted by Gasteiger charge is -2.08. The molecule has 1 unspecified atom stereocenters. The van der Waals surface area contributed by atoms with Crippen molar-refractivity contribution >= 4 is 6.29 Å². The van der Waals surface area contributed by atoms with Crippen LogP contribution < -0.4 is 0 Å². The Balaban J connectivity index is 2.63. The predicted octanol–water partition coefficient (Wildman–Crippen LogP) is 2.26. The van der Waals surface area contributed by atoms with Crippen molar-refractivity contribution in [2.75, 3.05) is 0 Å². The van der Waals surface area contributed by atoms with Gasteiger partial charge in [0.2, 0.25) is 0 Å². The lowest BCUT2D eigenvalue weighted by atomic mass is 9.98. The van der Waals surface area contributed by atoms with Crippen LogP contribution in [0.5, 0.6) is 0 Å². The molecule has 0 spiro atoms. The van der Waals surface area contributed by atoms with E-state index in [2.05, 4.69) is 19.1 Å². The fraction of sp³-hybridized carbons (Fsp3) is 0.300. The van der Waals surface area contributed by atoms with Gasteiger partial charge in [-0.15, -0.1) is 0 Å². The first kappa shape index (κ1) is 7.99. The molecule has 1 rings (SSSR count). The summed E-state index contributed by atoms with van der Waals surface area (Å²) in [5.74, 6) is 0.603. The second-order valence-corrected chi connectivity index (χ2v) is 2.78. The molecular weight excluding hydrogens is 136 g/mol. The minimum atomic E-state index is 0.603. The Morgan fingerprint density at radius 3 is 3.09 bits per heavy atom. The largest absolute Gasteiger partial charge is 0.299 e. The predicted molar refractivity (Wildman–Crippen MR) is 46.2 cm³/mol. The van der Waals surface area contributed by atoms with Crippen LogP contribution in [0.3, 0.4) is 0 Å². The van der Waals surface area contributed by atoms with Crippen molar-refractivity contribution in [3.05, 3.63) is 36.0 Å². The molecule has 0 saturated heterocycles. The maximum Gasteiger partial charge on any atom is 0.142 e. The summed E-state index contributed by atoms with van der Waals surface area (Å²) in [6, 6.07) is 0. The van der Waals surface area contributed by atoms with Crippen LogP contribution in [0.15, 0.2) is 36.0 Å². The molecule has 0 aromatic heterocycles. The average Bonchev–Trinajstić information content (AvgIpc) is 2.01. The summed E-state index contributed by atoms with van der Waals surface area (Å²) in [6.07, 6.45) is 11.6. The zero-order valence-electron chi connectivity index (χ0n) is 6.66. The molecule has 0 aromatic carbocycles. The van der Waals surface area contributed by atoms with E-state index in [9.17, 15) is 4.79 Å². The molecule has 0 amide bonds. The van der Waals surface area contributed by atoms with Gasteiger partial charge in [-0.25, -0.2) is 0 Å². The highest BCUT2D eigenvalue weighted by Gasteiger charge is 2.00. The van der Waals surface area contributed by atoms with Crippen molar-refractivity contribution in [3.8, 4) is 0 Å². The van der Waals surface area contributed by atoms with Crippen molar-refractivity contribution in [2.24, 2.45) is 5.92 Å². The number of carbonyl (C=O) groups is 1. The van der Waals surface area contributed by atoms with Crippen molar-refractivity contribution in [3.63, 3.8) is 0 Å². The summed E-state index contributed by atoms with van der Waals surface area (Å²) in [7, 11) is 0. The topological polar surface area (TPSA) is 17.1 Å². The summed E-state index contributed by atoms with van der Waals surface area (Å²) < 4.78 is 0. The highest BCUT2D eigenvalue weighted by Crippen LogP contribution is 2.16. The summed E-state index contributed by atoms with van der Waals surface area (Å²) in [6.45, 7) is 2.16. The van der Waals surface area contributed by atoms with E-state index < -0.39 is 0 Å². The average molecular weight is 148 g/mol. The molecule has 0 saturated carbocycles. The lowest BCUT2D eigenvalue weighted by Crippen LogP contribution is -1.92. The summed E-state index contributed by atoms with van der Waals surface area (Å²) in [4.78, 5) is 9.99. The van der Waals surface area contributed by atoms with E-state index in [0.29, 0.717) is 5.92 Å². The van der Waals surface area contributed by atoms with E-state index in [1.54, 1.807) is 0 Å². The molecule has 1 atom stereocenters. The molecule has 11 heavy (non-hydrogen) atoms. The first-order valence-electron chi connectivity index (χ1n) is 3.83. The van der Waals surface area contributed by atoms with Crippen LogP contribution in [-0.2, 0) is 4.79 Å². The smallest absolute Gasteiger partial charge is 0.142 e. The first-order chi connectivity index (χ1) is 5.33. The Kier molecular flexibility index (Phi) is 2.84. The molecule has 0 bridgehead atoms. The van der Waals surface area contributed by atoms with Gasteiger partial charge in [-0.2, -0.15) is 0 Å². The maximum absolute atomic E-state index is 9.99. The van der Waals surface area contributed by atoms with Gasteiger partial charge in [0.15, 0.2) is 0 Å². The molecule has 0 aliphatic heterocycles. The highest BCUT2D eigenvalue weighted by atomic mass is 16.1. The Morgan fingerprint density at radius 2 is 2.45 bits per heavy atom. The number of hydrogen-bond acceptors (Lipinski definition) is 1. The third-order valence-electron chi connectivity index (χ3n) is 1.66. The van der Waals surface area contributed by atoms with Crippen molar-refractivity contribution < 1.29 is 4.79 Å². The molecule has 0 heterocycles. The summed E-state index contributed by atoms with van der Waals surface area (Å²) >= 11 is 0. The highest BCUT2D eigenvalue weighted by molar-refractivity contribution is 5.66. The summed E-state index contributed by atoms with van der Waals surface area (Å²) in [5.41, 5.74) is 1.14. The van der Waals surface area contributed by atoms with Crippen molar-refractivity contribution in [1.29, 1.82) is 0 Å². The van der Waals surface area contributed by atoms with Gasteiger partial charge in [0.25, 0.3) is 0 Å². The van der Waals surface area contributed by atoms with Crippen molar-refractivity contribution in [2.45, 2.75) is 13.3 Å². The van der Waals surface area contributed by atoms with E-state index in [0.717, 1.165) is 18.3 Å². The van der Waals surface area contributed by atoms with E-state index in [4.69, 9.17) is 0 Å². The fourth-order valence-corrected chi connectivity index (χ4v) is 1.13. The number of hydrogen-bond donors (Lipinski definition) is 0. The van der Waals surface area contributed by atoms with Crippen LogP contribution in [0, 0.1) is 5.92 Å². The molecule has 1 aliphatic rings. The minimum Gasteiger partial charge on any atom is -0.299 e. The number of aldehydes is 1. The molecule has 58 valence electrons. The summed E-state index contributed by atoms with van der Waals surface area (Å²) in [5, 5.41) is 0. The SMILES string of the molecule is CC1C=C(C=CC=O)C=CC1. The quantitative estimate of drug-likeness (QED) is 0.433. The molecule has 0 aromatic rings. The van der Waals surface area contributed by atoms with E-state index in [1.165, 1.54) is 6.08 Å². The van der Waals surface area contributed by atoms with E-state index in [1.807, 2.05) is 12.2 Å². The van der Waals surface area contributed by atoms with Gasteiger partial charge >= 0.3 is 0 Å².